The largest absolute Gasteiger partial charge is 0.339 e. The second-order valence-corrected chi connectivity index (χ2v) is 7.78. The fourth-order valence-corrected chi connectivity index (χ4v) is 3.90. The van der Waals surface area contributed by atoms with Crippen LogP contribution in [-0.4, -0.2) is 34.4 Å². The Bertz CT molecular complexity index is 1160. The highest BCUT2D eigenvalue weighted by atomic mass is 16.2. The van der Waals surface area contributed by atoms with Crippen LogP contribution >= 0.6 is 0 Å². The van der Waals surface area contributed by atoms with Gasteiger partial charge in [0.1, 0.15) is 5.69 Å². The third-order valence-electron chi connectivity index (χ3n) is 5.58. The molecule has 2 amide bonds. The van der Waals surface area contributed by atoms with Crippen LogP contribution in [0.3, 0.4) is 0 Å². The van der Waals surface area contributed by atoms with Gasteiger partial charge in [-0.3, -0.25) is 14.4 Å². The van der Waals surface area contributed by atoms with E-state index < -0.39 is 0 Å². The first-order valence-corrected chi connectivity index (χ1v) is 10.3. The Balaban J connectivity index is 1.60. The van der Waals surface area contributed by atoms with E-state index in [1.54, 1.807) is 25.4 Å². The minimum Gasteiger partial charge on any atom is -0.339 e. The molecule has 1 fully saturated rings. The Morgan fingerprint density at radius 3 is 2.30 bits per heavy atom. The third-order valence-corrected chi connectivity index (χ3v) is 5.58. The molecule has 154 valence electrons. The number of fused-ring (bicyclic) bond motifs is 1. The number of likely N-dealkylation sites (tertiary alicyclic amines) is 1. The van der Waals surface area contributed by atoms with Crippen LogP contribution < -0.4 is 10.9 Å². The molecule has 6 heteroatoms. The lowest BCUT2D eigenvalue weighted by molar-refractivity contribution is 0.0760. The first-order chi connectivity index (χ1) is 14.5. The number of anilines is 1. The third kappa shape index (κ3) is 4.13. The van der Waals surface area contributed by atoms with Crippen LogP contribution in [0.2, 0.25) is 0 Å². The number of amides is 2. The van der Waals surface area contributed by atoms with E-state index >= 15 is 0 Å². The number of hydrogen-bond acceptors (Lipinski definition) is 3. The van der Waals surface area contributed by atoms with Gasteiger partial charge in [0.05, 0.1) is 5.56 Å². The molecule has 2 heterocycles. The van der Waals surface area contributed by atoms with E-state index in [4.69, 9.17) is 0 Å². The van der Waals surface area contributed by atoms with Crippen molar-refractivity contribution in [1.82, 2.24) is 9.47 Å². The topological polar surface area (TPSA) is 71.4 Å². The molecule has 3 aromatic rings. The van der Waals surface area contributed by atoms with Gasteiger partial charge in [-0.2, -0.15) is 0 Å². The van der Waals surface area contributed by atoms with Gasteiger partial charge in [-0.1, -0.05) is 43.2 Å². The van der Waals surface area contributed by atoms with E-state index in [2.05, 4.69) is 5.32 Å². The van der Waals surface area contributed by atoms with Crippen molar-refractivity contribution in [3.05, 3.63) is 76.2 Å². The normalized spacial score (nSPS) is 14.4. The molecule has 30 heavy (non-hydrogen) atoms. The molecular weight excluding hydrogens is 378 g/mol. The molecule has 0 radical (unpaired) electrons. The van der Waals surface area contributed by atoms with Gasteiger partial charge in [0.2, 0.25) is 0 Å². The molecule has 6 nitrogen and oxygen atoms in total. The van der Waals surface area contributed by atoms with Crippen molar-refractivity contribution >= 4 is 28.3 Å². The second-order valence-electron chi connectivity index (χ2n) is 7.78. The average Bonchev–Trinajstić information content (AvgIpc) is 3.05. The summed E-state index contributed by atoms with van der Waals surface area (Å²) < 4.78 is 1.35. The Morgan fingerprint density at radius 2 is 1.57 bits per heavy atom. The molecule has 4 rings (SSSR count). The van der Waals surface area contributed by atoms with Gasteiger partial charge in [-0.25, -0.2) is 0 Å². The number of pyridine rings is 1. The Labute approximate surface area is 175 Å². The smallest absolute Gasteiger partial charge is 0.274 e. The van der Waals surface area contributed by atoms with Crippen LogP contribution in [0.1, 0.15) is 46.4 Å². The van der Waals surface area contributed by atoms with Crippen molar-refractivity contribution in [1.29, 1.82) is 0 Å². The molecule has 1 aliphatic heterocycles. The van der Waals surface area contributed by atoms with Gasteiger partial charge >= 0.3 is 0 Å². The summed E-state index contributed by atoms with van der Waals surface area (Å²) in [6.45, 7) is 1.45. The molecule has 0 bridgehead atoms. The second kappa shape index (κ2) is 8.53. The molecule has 1 saturated heterocycles. The number of carbonyl (C=O) groups is 2. The number of carbonyl (C=O) groups excluding carboxylic acids is 2. The minimum atomic E-state index is -0.378. The van der Waals surface area contributed by atoms with Crippen LogP contribution in [0.25, 0.3) is 10.8 Å². The van der Waals surface area contributed by atoms with Crippen LogP contribution in [0.4, 0.5) is 5.69 Å². The van der Waals surface area contributed by atoms with Crippen molar-refractivity contribution in [3.63, 3.8) is 0 Å². The van der Waals surface area contributed by atoms with Crippen molar-refractivity contribution in [2.45, 2.75) is 25.7 Å². The van der Waals surface area contributed by atoms with E-state index in [0.29, 0.717) is 11.1 Å². The summed E-state index contributed by atoms with van der Waals surface area (Å²) in [5, 5.41) is 4.68. The maximum absolute atomic E-state index is 13.0. The maximum atomic E-state index is 13.0. The van der Waals surface area contributed by atoms with Crippen LogP contribution in [0, 0.1) is 0 Å². The SMILES string of the molecule is Cn1cc(C(=O)N2CCCCCC2)cc(NC(=O)c2ccc3ccccc3c2)c1=O. The number of aromatic nitrogens is 1. The highest BCUT2D eigenvalue weighted by Crippen LogP contribution is 2.18. The molecule has 0 atom stereocenters. The number of benzene rings is 2. The summed E-state index contributed by atoms with van der Waals surface area (Å²) in [5.74, 6) is -0.481. The number of nitrogens with one attached hydrogen (secondary N) is 1. The fraction of sp³-hybridized carbons (Fsp3) is 0.292. The molecule has 0 unspecified atom stereocenters. The summed E-state index contributed by atoms with van der Waals surface area (Å²) >= 11 is 0. The highest BCUT2D eigenvalue weighted by molar-refractivity contribution is 6.07. The fourth-order valence-electron chi connectivity index (χ4n) is 3.90. The summed E-state index contributed by atoms with van der Waals surface area (Å²) in [6, 6.07) is 14.7. The van der Waals surface area contributed by atoms with Crippen LogP contribution in [0.5, 0.6) is 0 Å². The Kier molecular flexibility index (Phi) is 5.65. The van der Waals surface area contributed by atoms with E-state index in [1.807, 2.05) is 35.2 Å². The quantitative estimate of drug-likeness (QED) is 0.723. The van der Waals surface area contributed by atoms with E-state index in [1.165, 1.54) is 10.6 Å². The average molecular weight is 403 g/mol. The minimum absolute atomic E-state index is 0.103. The van der Waals surface area contributed by atoms with Gasteiger partial charge < -0.3 is 14.8 Å². The maximum Gasteiger partial charge on any atom is 0.274 e. The highest BCUT2D eigenvalue weighted by Gasteiger charge is 2.20. The predicted molar refractivity (Wildman–Crippen MR) is 118 cm³/mol. The molecule has 1 aromatic heterocycles. The molecule has 0 saturated carbocycles. The lowest BCUT2D eigenvalue weighted by Gasteiger charge is -2.21. The molecule has 2 aromatic carbocycles. The van der Waals surface area contributed by atoms with Crippen molar-refractivity contribution in [2.24, 2.45) is 7.05 Å². The standard InChI is InChI=1S/C24H25N3O3/c1-26-16-20(23(29)27-12-6-2-3-7-13-27)15-21(24(26)30)25-22(28)19-11-10-17-8-4-5-9-18(17)14-19/h4-5,8-11,14-16H,2-3,6-7,12-13H2,1H3,(H,25,28). The number of hydrogen-bond donors (Lipinski definition) is 1. The van der Waals surface area contributed by atoms with Crippen molar-refractivity contribution in [3.8, 4) is 0 Å². The van der Waals surface area contributed by atoms with Crippen LogP contribution in [0.15, 0.2) is 59.5 Å². The van der Waals surface area contributed by atoms with E-state index in [0.717, 1.165) is 49.5 Å². The zero-order valence-corrected chi connectivity index (χ0v) is 17.1. The summed E-state index contributed by atoms with van der Waals surface area (Å²) in [6.07, 6.45) is 5.78. The van der Waals surface area contributed by atoms with Gasteiger partial charge in [-0.15, -0.1) is 0 Å². The summed E-state index contributed by atoms with van der Waals surface area (Å²) in [4.78, 5) is 40.2. The van der Waals surface area contributed by atoms with Crippen molar-refractivity contribution in [2.75, 3.05) is 18.4 Å². The Morgan fingerprint density at radius 1 is 0.867 bits per heavy atom. The lowest BCUT2D eigenvalue weighted by Crippen LogP contribution is -2.33. The molecule has 1 aliphatic rings. The van der Waals surface area contributed by atoms with Gasteiger partial charge in [-0.05, 0) is 41.8 Å². The van der Waals surface area contributed by atoms with Crippen molar-refractivity contribution < 1.29 is 9.59 Å². The number of aryl methyl sites for hydroxylation is 1. The van der Waals surface area contributed by atoms with Gasteiger partial charge in [0.15, 0.2) is 0 Å². The van der Waals surface area contributed by atoms with Gasteiger partial charge in [0.25, 0.3) is 17.4 Å². The molecular formula is C24H25N3O3. The lowest BCUT2D eigenvalue weighted by atomic mass is 10.1. The Hall–Kier alpha value is -3.41. The molecule has 1 N–H and O–H groups in total. The first-order valence-electron chi connectivity index (χ1n) is 10.3. The first kappa shape index (κ1) is 19.9. The van der Waals surface area contributed by atoms with Gasteiger partial charge in [0, 0.05) is 31.9 Å². The zero-order chi connectivity index (χ0) is 21.1. The molecule has 0 aliphatic carbocycles. The summed E-state index contributed by atoms with van der Waals surface area (Å²) in [5.41, 5.74) is 0.626. The van der Waals surface area contributed by atoms with E-state index in [9.17, 15) is 14.4 Å². The number of rotatable bonds is 3. The zero-order valence-electron chi connectivity index (χ0n) is 17.1. The predicted octanol–water partition coefficient (Wildman–Crippen LogP) is 3.81. The summed E-state index contributed by atoms with van der Waals surface area (Å²) in [7, 11) is 1.59. The van der Waals surface area contributed by atoms with Crippen LogP contribution in [-0.2, 0) is 7.05 Å². The number of nitrogens with zero attached hydrogens (tertiary/aromatic N) is 2. The molecule has 0 spiro atoms. The monoisotopic (exact) mass is 403 g/mol. The van der Waals surface area contributed by atoms with E-state index in [-0.39, 0.29) is 23.1 Å².